The second-order valence-electron chi connectivity index (χ2n) is 4.48. The van der Waals surface area contributed by atoms with Gasteiger partial charge in [0.1, 0.15) is 9.84 Å². The number of alkyl halides is 1. The molecule has 0 aliphatic heterocycles. The summed E-state index contributed by atoms with van der Waals surface area (Å²) in [5.41, 5.74) is 2.43. The molecule has 2 unspecified atom stereocenters. The van der Waals surface area contributed by atoms with Crippen molar-refractivity contribution < 1.29 is 8.42 Å². The van der Waals surface area contributed by atoms with Crippen LogP contribution in [0, 0.1) is 5.92 Å². The standard InChI is InChI=1S/C12H15ClO2S/c1-16(14,15)7-6-10-8-9-4-2-3-5-11(9)12(10)13/h2-5,10,12H,6-8H2,1H3. The van der Waals surface area contributed by atoms with Gasteiger partial charge in [-0.25, -0.2) is 8.42 Å². The Bertz CT molecular complexity index is 482. The lowest BCUT2D eigenvalue weighted by Crippen LogP contribution is -2.11. The van der Waals surface area contributed by atoms with Gasteiger partial charge in [0.05, 0.1) is 11.1 Å². The predicted octanol–water partition coefficient (Wildman–Crippen LogP) is 2.57. The van der Waals surface area contributed by atoms with Crippen LogP contribution >= 0.6 is 11.6 Å². The van der Waals surface area contributed by atoms with E-state index in [1.807, 2.05) is 18.2 Å². The normalized spacial score (nSPS) is 24.4. The van der Waals surface area contributed by atoms with E-state index in [0.29, 0.717) is 6.42 Å². The van der Waals surface area contributed by atoms with E-state index in [1.165, 1.54) is 17.4 Å². The van der Waals surface area contributed by atoms with E-state index in [0.717, 1.165) is 6.42 Å². The Labute approximate surface area is 102 Å². The van der Waals surface area contributed by atoms with Crippen molar-refractivity contribution in [3.8, 4) is 0 Å². The van der Waals surface area contributed by atoms with Crippen LogP contribution in [-0.2, 0) is 16.3 Å². The first-order valence-corrected chi connectivity index (χ1v) is 7.86. The molecule has 0 heterocycles. The highest BCUT2D eigenvalue weighted by atomic mass is 35.5. The molecule has 2 rings (SSSR count). The second-order valence-corrected chi connectivity index (χ2v) is 7.21. The number of sulfone groups is 1. The number of benzene rings is 1. The van der Waals surface area contributed by atoms with Gasteiger partial charge < -0.3 is 0 Å². The van der Waals surface area contributed by atoms with E-state index in [1.54, 1.807) is 0 Å². The summed E-state index contributed by atoms with van der Waals surface area (Å²) in [5.74, 6) is 0.489. The topological polar surface area (TPSA) is 34.1 Å². The summed E-state index contributed by atoms with van der Waals surface area (Å²) in [4.78, 5) is 0. The molecule has 0 bridgehead atoms. The maximum Gasteiger partial charge on any atom is 0.147 e. The third-order valence-electron chi connectivity index (χ3n) is 3.11. The van der Waals surface area contributed by atoms with Crippen LogP contribution in [0.3, 0.4) is 0 Å². The first-order valence-electron chi connectivity index (χ1n) is 5.37. The van der Waals surface area contributed by atoms with Crippen LogP contribution in [0.4, 0.5) is 0 Å². The average Bonchev–Trinajstić information content (AvgIpc) is 2.53. The zero-order valence-corrected chi connectivity index (χ0v) is 10.8. The minimum atomic E-state index is -2.88. The minimum Gasteiger partial charge on any atom is -0.229 e. The summed E-state index contributed by atoms with van der Waals surface area (Å²) in [6.45, 7) is 0. The van der Waals surface area contributed by atoms with Gasteiger partial charge in [-0.1, -0.05) is 24.3 Å². The number of hydrogen-bond donors (Lipinski definition) is 0. The molecule has 0 radical (unpaired) electrons. The monoisotopic (exact) mass is 258 g/mol. The van der Waals surface area contributed by atoms with Crippen LogP contribution in [0.15, 0.2) is 24.3 Å². The van der Waals surface area contributed by atoms with E-state index in [-0.39, 0.29) is 17.0 Å². The van der Waals surface area contributed by atoms with Crippen molar-refractivity contribution in [1.82, 2.24) is 0 Å². The summed E-state index contributed by atoms with van der Waals surface area (Å²) >= 11 is 6.34. The van der Waals surface area contributed by atoms with Gasteiger partial charge in [-0.15, -0.1) is 11.6 Å². The molecule has 1 aliphatic rings. The van der Waals surface area contributed by atoms with Crippen LogP contribution in [0.5, 0.6) is 0 Å². The van der Waals surface area contributed by atoms with Gasteiger partial charge in [-0.2, -0.15) is 0 Å². The minimum absolute atomic E-state index is 0.0297. The van der Waals surface area contributed by atoms with Crippen molar-refractivity contribution in [2.24, 2.45) is 5.92 Å². The Hall–Kier alpha value is -0.540. The lowest BCUT2D eigenvalue weighted by Gasteiger charge is -2.12. The fourth-order valence-corrected chi connectivity index (χ4v) is 3.40. The highest BCUT2D eigenvalue weighted by molar-refractivity contribution is 7.90. The molecule has 0 amide bonds. The maximum atomic E-state index is 11.1. The summed E-state index contributed by atoms with van der Waals surface area (Å²) in [7, 11) is -2.88. The molecular weight excluding hydrogens is 244 g/mol. The summed E-state index contributed by atoms with van der Waals surface area (Å²) < 4.78 is 22.2. The molecule has 0 fully saturated rings. The van der Waals surface area contributed by atoms with Crippen LogP contribution < -0.4 is 0 Å². The number of fused-ring (bicyclic) bond motifs is 1. The largest absolute Gasteiger partial charge is 0.229 e. The van der Waals surface area contributed by atoms with Crippen LogP contribution in [-0.4, -0.2) is 20.4 Å². The summed E-state index contributed by atoms with van der Waals surface area (Å²) in [6, 6.07) is 8.09. The van der Waals surface area contributed by atoms with Crippen LogP contribution in [0.1, 0.15) is 22.9 Å². The summed E-state index contributed by atoms with van der Waals surface area (Å²) in [5, 5.41) is -0.0297. The van der Waals surface area contributed by atoms with Gasteiger partial charge in [0.25, 0.3) is 0 Å². The molecule has 0 aromatic heterocycles. The van der Waals surface area contributed by atoms with Gasteiger partial charge in [0.2, 0.25) is 0 Å². The molecule has 88 valence electrons. The van der Waals surface area contributed by atoms with Crippen molar-refractivity contribution >= 4 is 21.4 Å². The first-order chi connectivity index (χ1) is 7.47. The van der Waals surface area contributed by atoms with Gasteiger partial charge in [-0.3, -0.25) is 0 Å². The van der Waals surface area contributed by atoms with E-state index >= 15 is 0 Å². The smallest absolute Gasteiger partial charge is 0.147 e. The van der Waals surface area contributed by atoms with E-state index < -0.39 is 9.84 Å². The maximum absolute atomic E-state index is 11.1. The molecule has 2 atom stereocenters. The van der Waals surface area contributed by atoms with Crippen molar-refractivity contribution in [1.29, 1.82) is 0 Å². The Morgan fingerprint density at radius 1 is 1.38 bits per heavy atom. The van der Waals surface area contributed by atoms with E-state index in [9.17, 15) is 8.42 Å². The fourth-order valence-electron chi connectivity index (χ4n) is 2.24. The third-order valence-corrected chi connectivity index (χ3v) is 4.68. The molecule has 1 aromatic rings. The molecule has 0 saturated carbocycles. The second kappa shape index (κ2) is 4.38. The van der Waals surface area contributed by atoms with Crippen molar-refractivity contribution in [2.45, 2.75) is 18.2 Å². The zero-order valence-electron chi connectivity index (χ0n) is 9.19. The fraction of sp³-hybridized carbons (Fsp3) is 0.500. The van der Waals surface area contributed by atoms with Crippen molar-refractivity contribution in [3.63, 3.8) is 0 Å². The molecule has 16 heavy (non-hydrogen) atoms. The van der Waals surface area contributed by atoms with Gasteiger partial charge in [0.15, 0.2) is 0 Å². The number of halogens is 1. The quantitative estimate of drug-likeness (QED) is 0.781. The first kappa shape index (κ1) is 11.9. The third kappa shape index (κ3) is 2.58. The highest BCUT2D eigenvalue weighted by Gasteiger charge is 2.30. The molecule has 0 spiro atoms. The van der Waals surface area contributed by atoms with E-state index in [2.05, 4.69) is 6.07 Å². The molecule has 4 heteroatoms. The number of hydrogen-bond acceptors (Lipinski definition) is 2. The van der Waals surface area contributed by atoms with Gasteiger partial charge in [0, 0.05) is 6.26 Å². The summed E-state index contributed by atoms with van der Waals surface area (Å²) in [6.07, 6.45) is 2.83. The molecular formula is C12H15ClO2S. The number of rotatable bonds is 3. The van der Waals surface area contributed by atoms with E-state index in [4.69, 9.17) is 11.6 Å². The lowest BCUT2D eigenvalue weighted by molar-refractivity contribution is 0.520. The molecule has 2 nitrogen and oxygen atoms in total. The molecule has 0 saturated heterocycles. The van der Waals surface area contributed by atoms with Crippen molar-refractivity contribution in [3.05, 3.63) is 35.4 Å². The van der Waals surface area contributed by atoms with Crippen LogP contribution in [0.2, 0.25) is 0 Å². The lowest BCUT2D eigenvalue weighted by atomic mass is 10.0. The van der Waals surface area contributed by atoms with Gasteiger partial charge >= 0.3 is 0 Å². The zero-order chi connectivity index (χ0) is 11.8. The predicted molar refractivity (Wildman–Crippen MR) is 66.6 cm³/mol. The Morgan fingerprint density at radius 3 is 2.69 bits per heavy atom. The molecule has 0 N–H and O–H groups in total. The Balaban J connectivity index is 2.07. The van der Waals surface area contributed by atoms with Crippen LogP contribution in [0.25, 0.3) is 0 Å². The van der Waals surface area contributed by atoms with Crippen molar-refractivity contribution in [2.75, 3.05) is 12.0 Å². The molecule has 1 aliphatic carbocycles. The van der Waals surface area contributed by atoms with Gasteiger partial charge in [-0.05, 0) is 29.9 Å². The Morgan fingerprint density at radius 2 is 2.06 bits per heavy atom. The highest BCUT2D eigenvalue weighted by Crippen LogP contribution is 2.42. The molecule has 1 aromatic carbocycles. The Kier molecular flexibility index (Phi) is 3.27. The SMILES string of the molecule is CS(=O)(=O)CCC1Cc2ccccc2C1Cl. The average molecular weight is 259 g/mol.